The lowest BCUT2D eigenvalue weighted by Gasteiger charge is -2.39. The summed E-state index contributed by atoms with van der Waals surface area (Å²) >= 11 is 12.7. The van der Waals surface area contributed by atoms with Crippen molar-refractivity contribution in [2.24, 2.45) is 5.73 Å². The van der Waals surface area contributed by atoms with Gasteiger partial charge in [-0.1, -0.05) is 41.4 Å². The smallest absolute Gasteiger partial charge is 0.259 e. The van der Waals surface area contributed by atoms with Gasteiger partial charge in [0.1, 0.15) is 6.17 Å². The number of hydrogen-bond acceptors (Lipinski definition) is 3. The number of primary amides is 1. The summed E-state index contributed by atoms with van der Waals surface area (Å²) in [5.74, 6) is -0.827. The molecule has 0 atom stereocenters. The Morgan fingerprint density at radius 1 is 1.06 bits per heavy atom. The number of rotatable bonds is 5. The summed E-state index contributed by atoms with van der Waals surface area (Å²) in [6.45, 7) is 2.27. The third-order valence-electron chi connectivity index (χ3n) is 5.82. The van der Waals surface area contributed by atoms with E-state index >= 15 is 0 Å². The predicted molar refractivity (Wildman–Crippen MR) is 131 cm³/mol. The zero-order valence-electron chi connectivity index (χ0n) is 18.1. The number of benzene rings is 3. The molecule has 0 aliphatic carbocycles. The molecule has 0 bridgehead atoms. The molecule has 5 nitrogen and oxygen atoms in total. The number of aryl methyl sites for hydroxylation is 1. The normalized spacial score (nSPS) is 13.5. The highest BCUT2D eigenvalue weighted by Gasteiger charge is 2.31. The fourth-order valence-corrected chi connectivity index (χ4v) is 4.46. The van der Waals surface area contributed by atoms with Crippen LogP contribution < -0.4 is 15.5 Å². The van der Waals surface area contributed by atoms with Gasteiger partial charge in [0.25, 0.3) is 5.91 Å². The molecule has 2 N–H and O–H groups in total. The summed E-state index contributed by atoms with van der Waals surface area (Å²) in [5.41, 5.74) is 9.57. The molecule has 1 heterocycles. The Morgan fingerprint density at radius 3 is 2.42 bits per heavy atom. The van der Waals surface area contributed by atoms with Gasteiger partial charge in [-0.15, -0.1) is 0 Å². The van der Waals surface area contributed by atoms with Crippen molar-refractivity contribution in [2.45, 2.75) is 13.1 Å². The highest BCUT2D eigenvalue weighted by molar-refractivity contribution is 6.35. The van der Waals surface area contributed by atoms with Gasteiger partial charge >= 0.3 is 0 Å². The molecule has 0 saturated carbocycles. The van der Waals surface area contributed by atoms with E-state index in [0.29, 0.717) is 38.1 Å². The van der Waals surface area contributed by atoms with Gasteiger partial charge in [-0.3, -0.25) is 9.59 Å². The number of carbonyl (C=O) groups is 2. The standard InChI is InChI=1S/C25H22Cl2FN3O2/c1-14-4-3-5-20(27)23(14)25(33)30(2)21-9-7-15(11-22(21)31-12-17(28)13-31)18-10-16(24(29)32)6-8-19(18)26/h3-11,17H,12-13H2,1-2H3,(H2,29,32). The van der Waals surface area contributed by atoms with E-state index in [4.69, 9.17) is 28.9 Å². The summed E-state index contributed by atoms with van der Waals surface area (Å²) in [5, 5.41) is 0.814. The molecule has 3 aromatic carbocycles. The number of nitrogens with two attached hydrogens (primary N) is 1. The van der Waals surface area contributed by atoms with E-state index in [1.54, 1.807) is 49.5 Å². The van der Waals surface area contributed by atoms with Crippen molar-refractivity contribution in [3.05, 3.63) is 81.3 Å². The average molecular weight is 486 g/mol. The molecule has 1 saturated heterocycles. The third kappa shape index (κ3) is 4.41. The maximum absolute atomic E-state index is 13.7. The highest BCUT2D eigenvalue weighted by atomic mass is 35.5. The molecular formula is C25H22Cl2FN3O2. The molecule has 8 heteroatoms. The second kappa shape index (κ2) is 9.04. The quantitative estimate of drug-likeness (QED) is 0.518. The summed E-state index contributed by atoms with van der Waals surface area (Å²) in [4.78, 5) is 28.4. The molecule has 1 aliphatic rings. The Balaban J connectivity index is 1.79. The Morgan fingerprint density at radius 2 is 1.79 bits per heavy atom. The second-order valence-corrected chi connectivity index (χ2v) is 8.87. The van der Waals surface area contributed by atoms with Crippen LogP contribution in [0, 0.1) is 6.92 Å². The number of amides is 2. The second-order valence-electron chi connectivity index (χ2n) is 8.06. The summed E-state index contributed by atoms with van der Waals surface area (Å²) in [7, 11) is 1.66. The first-order valence-electron chi connectivity index (χ1n) is 10.3. The van der Waals surface area contributed by atoms with Gasteiger partial charge in [0.15, 0.2) is 0 Å². The van der Waals surface area contributed by atoms with E-state index in [9.17, 15) is 14.0 Å². The van der Waals surface area contributed by atoms with Crippen LogP contribution >= 0.6 is 23.2 Å². The lowest BCUT2D eigenvalue weighted by molar-refractivity contribution is 0.0987. The molecule has 0 radical (unpaired) electrons. The highest BCUT2D eigenvalue weighted by Crippen LogP contribution is 2.39. The van der Waals surface area contributed by atoms with Crippen LogP contribution in [-0.2, 0) is 0 Å². The first-order valence-corrected chi connectivity index (χ1v) is 11.1. The first-order chi connectivity index (χ1) is 15.7. The van der Waals surface area contributed by atoms with Gasteiger partial charge in [-0.05, 0) is 54.4 Å². The van der Waals surface area contributed by atoms with E-state index in [-0.39, 0.29) is 19.0 Å². The van der Waals surface area contributed by atoms with Crippen LogP contribution in [-0.4, -0.2) is 38.1 Å². The molecule has 1 fully saturated rings. The fourth-order valence-electron chi connectivity index (χ4n) is 3.93. The van der Waals surface area contributed by atoms with Crippen molar-refractivity contribution in [1.29, 1.82) is 0 Å². The fraction of sp³-hybridized carbons (Fsp3) is 0.200. The largest absolute Gasteiger partial charge is 0.366 e. The van der Waals surface area contributed by atoms with Gasteiger partial charge < -0.3 is 15.5 Å². The van der Waals surface area contributed by atoms with Crippen LogP contribution in [0.3, 0.4) is 0 Å². The van der Waals surface area contributed by atoms with E-state index in [1.807, 2.05) is 24.0 Å². The number of anilines is 2. The van der Waals surface area contributed by atoms with E-state index in [0.717, 1.165) is 11.1 Å². The van der Waals surface area contributed by atoms with Crippen molar-refractivity contribution in [2.75, 3.05) is 29.9 Å². The van der Waals surface area contributed by atoms with E-state index in [2.05, 4.69) is 0 Å². The van der Waals surface area contributed by atoms with Gasteiger partial charge in [0, 0.05) is 23.2 Å². The maximum Gasteiger partial charge on any atom is 0.259 e. The Kier molecular flexibility index (Phi) is 6.32. The number of halogens is 3. The first kappa shape index (κ1) is 23.1. The number of carbonyl (C=O) groups excluding carboxylic acids is 2. The summed E-state index contributed by atoms with van der Waals surface area (Å²) in [6, 6.07) is 15.5. The van der Waals surface area contributed by atoms with Crippen LogP contribution in [0.15, 0.2) is 54.6 Å². The Hall–Kier alpha value is -3.09. The van der Waals surface area contributed by atoms with Crippen molar-refractivity contribution >= 4 is 46.4 Å². The Bertz CT molecular complexity index is 1240. The van der Waals surface area contributed by atoms with Crippen molar-refractivity contribution in [3.8, 4) is 11.1 Å². The molecule has 2 amide bonds. The molecule has 33 heavy (non-hydrogen) atoms. The lowest BCUT2D eigenvalue weighted by Crippen LogP contribution is -2.49. The maximum atomic E-state index is 13.7. The minimum Gasteiger partial charge on any atom is -0.366 e. The Labute approximate surface area is 201 Å². The zero-order chi connectivity index (χ0) is 23.9. The third-order valence-corrected chi connectivity index (χ3v) is 6.46. The minimum atomic E-state index is -0.935. The van der Waals surface area contributed by atoms with Gasteiger partial charge in [-0.25, -0.2) is 4.39 Å². The molecule has 0 aromatic heterocycles. The molecule has 0 spiro atoms. The van der Waals surface area contributed by atoms with Gasteiger partial charge in [-0.2, -0.15) is 0 Å². The van der Waals surface area contributed by atoms with Crippen LogP contribution in [0.25, 0.3) is 11.1 Å². The molecule has 0 unspecified atom stereocenters. The molecule has 170 valence electrons. The summed E-state index contributed by atoms with van der Waals surface area (Å²) in [6.07, 6.45) is -0.935. The predicted octanol–water partition coefficient (Wildman–Crippen LogP) is 5.50. The average Bonchev–Trinajstić information content (AvgIpc) is 2.76. The van der Waals surface area contributed by atoms with E-state index < -0.39 is 12.1 Å². The molecular weight excluding hydrogens is 464 g/mol. The zero-order valence-corrected chi connectivity index (χ0v) is 19.6. The van der Waals surface area contributed by atoms with Crippen molar-refractivity contribution in [1.82, 2.24) is 0 Å². The van der Waals surface area contributed by atoms with Crippen LogP contribution in [0.5, 0.6) is 0 Å². The minimum absolute atomic E-state index is 0.221. The summed E-state index contributed by atoms with van der Waals surface area (Å²) < 4.78 is 13.7. The number of nitrogens with zero attached hydrogens (tertiary/aromatic N) is 2. The van der Waals surface area contributed by atoms with Crippen molar-refractivity contribution in [3.63, 3.8) is 0 Å². The van der Waals surface area contributed by atoms with Crippen molar-refractivity contribution < 1.29 is 14.0 Å². The molecule has 1 aliphatic heterocycles. The van der Waals surface area contributed by atoms with Crippen LogP contribution in [0.4, 0.5) is 15.8 Å². The lowest BCUT2D eigenvalue weighted by atomic mass is 9.99. The monoisotopic (exact) mass is 485 g/mol. The van der Waals surface area contributed by atoms with E-state index in [1.165, 1.54) is 4.90 Å². The SMILES string of the molecule is Cc1cccc(Cl)c1C(=O)N(C)c1ccc(-c2cc(C(N)=O)ccc2Cl)cc1N1CC(F)C1. The van der Waals surface area contributed by atoms with Crippen LogP contribution in [0.1, 0.15) is 26.3 Å². The van der Waals surface area contributed by atoms with Gasteiger partial charge in [0.05, 0.1) is 35.1 Å². The van der Waals surface area contributed by atoms with Gasteiger partial charge in [0.2, 0.25) is 5.91 Å². The number of hydrogen-bond donors (Lipinski definition) is 1. The topological polar surface area (TPSA) is 66.6 Å². The molecule has 4 rings (SSSR count). The number of alkyl halides is 1. The molecule has 3 aromatic rings. The van der Waals surface area contributed by atoms with Crippen LogP contribution in [0.2, 0.25) is 10.0 Å².